The lowest BCUT2D eigenvalue weighted by atomic mass is 9.80. The van der Waals surface area contributed by atoms with Crippen LogP contribution >= 0.6 is 0 Å². The van der Waals surface area contributed by atoms with Gasteiger partial charge in [-0.25, -0.2) is 4.79 Å². The van der Waals surface area contributed by atoms with Crippen molar-refractivity contribution in [1.82, 2.24) is 9.55 Å². The summed E-state index contributed by atoms with van der Waals surface area (Å²) in [6.07, 6.45) is -3.91. The number of rotatable bonds is 12. The third kappa shape index (κ3) is 6.33. The van der Waals surface area contributed by atoms with E-state index in [9.17, 15) is 19.8 Å². The fourth-order valence-corrected chi connectivity index (χ4v) is 5.42. The van der Waals surface area contributed by atoms with Crippen molar-refractivity contribution in [3.8, 4) is 11.5 Å². The lowest BCUT2D eigenvalue weighted by molar-refractivity contribution is -0.101. The summed E-state index contributed by atoms with van der Waals surface area (Å²) in [4.78, 5) is 26.6. The van der Waals surface area contributed by atoms with Crippen molar-refractivity contribution in [2.45, 2.75) is 43.2 Å². The minimum atomic E-state index is -1.25. The molecule has 3 aromatic carbocycles. The maximum absolute atomic E-state index is 12.7. The molecule has 1 fully saturated rings. The summed E-state index contributed by atoms with van der Waals surface area (Å²) in [5.41, 5.74) is -0.0750. The van der Waals surface area contributed by atoms with Crippen LogP contribution in [-0.4, -0.2) is 71.6 Å². The predicted molar refractivity (Wildman–Crippen MR) is 161 cm³/mol. The van der Waals surface area contributed by atoms with Gasteiger partial charge in [0, 0.05) is 12.3 Å². The molecule has 0 saturated carbocycles. The summed E-state index contributed by atoms with van der Waals surface area (Å²) in [7, 11) is 3.19. The van der Waals surface area contributed by atoms with Crippen molar-refractivity contribution in [3.05, 3.63) is 129 Å². The monoisotopic (exact) mass is 604 g/mol. The SMILES string of the molecule is COc1ccc(C(OC[C@H]2O[C@@H](n3ccc(=O)[nH]c3=O)[C@H](OCC(C)O)[C@@H]2O)(c2ccccc2)c2ccc(OC)cc2)cc1. The van der Waals surface area contributed by atoms with Crippen LogP contribution in [0.4, 0.5) is 0 Å². The highest BCUT2D eigenvalue weighted by atomic mass is 16.6. The fraction of sp³-hybridized carbons (Fsp3) is 0.333. The molecule has 1 aromatic heterocycles. The van der Waals surface area contributed by atoms with Gasteiger partial charge in [-0.1, -0.05) is 54.6 Å². The largest absolute Gasteiger partial charge is 0.497 e. The number of H-pyrrole nitrogens is 1. The van der Waals surface area contributed by atoms with Crippen molar-refractivity contribution >= 4 is 0 Å². The Labute approximate surface area is 254 Å². The summed E-state index contributed by atoms with van der Waals surface area (Å²) in [6.45, 7) is 1.30. The van der Waals surface area contributed by atoms with Crippen molar-refractivity contribution in [3.63, 3.8) is 0 Å². The van der Waals surface area contributed by atoms with Gasteiger partial charge in [-0.05, 0) is 47.9 Å². The van der Waals surface area contributed by atoms with Crippen LogP contribution in [0.3, 0.4) is 0 Å². The van der Waals surface area contributed by atoms with Gasteiger partial charge in [0.05, 0.1) is 33.5 Å². The molecule has 4 aromatic rings. The van der Waals surface area contributed by atoms with Gasteiger partial charge >= 0.3 is 5.69 Å². The second kappa shape index (κ2) is 13.6. The van der Waals surface area contributed by atoms with Crippen LogP contribution in [0.25, 0.3) is 0 Å². The highest BCUT2D eigenvalue weighted by Crippen LogP contribution is 2.43. The zero-order valence-corrected chi connectivity index (χ0v) is 24.7. The summed E-state index contributed by atoms with van der Waals surface area (Å²) < 4.78 is 30.9. The van der Waals surface area contributed by atoms with Crippen molar-refractivity contribution in [2.75, 3.05) is 27.4 Å². The Balaban J connectivity index is 1.56. The van der Waals surface area contributed by atoms with Crippen LogP contribution in [0.1, 0.15) is 29.8 Å². The number of aliphatic hydroxyl groups excluding tert-OH is 2. The van der Waals surface area contributed by atoms with Crippen LogP contribution in [0.5, 0.6) is 11.5 Å². The van der Waals surface area contributed by atoms with Crippen molar-refractivity contribution in [1.29, 1.82) is 0 Å². The average Bonchev–Trinajstić information content (AvgIpc) is 3.35. The van der Waals surface area contributed by atoms with E-state index in [0.29, 0.717) is 11.5 Å². The van der Waals surface area contributed by atoms with Gasteiger partial charge in [-0.15, -0.1) is 0 Å². The van der Waals surface area contributed by atoms with E-state index in [1.165, 1.54) is 12.3 Å². The van der Waals surface area contributed by atoms with Gasteiger partial charge in [0.1, 0.15) is 35.4 Å². The van der Waals surface area contributed by atoms with Crippen LogP contribution < -0.4 is 20.7 Å². The molecule has 0 radical (unpaired) electrons. The maximum atomic E-state index is 12.7. The van der Waals surface area contributed by atoms with E-state index in [-0.39, 0.29) is 13.2 Å². The molecule has 1 unspecified atom stereocenters. The summed E-state index contributed by atoms with van der Waals surface area (Å²) >= 11 is 0. The highest BCUT2D eigenvalue weighted by molar-refractivity contribution is 5.49. The second-order valence-corrected chi connectivity index (χ2v) is 10.5. The molecule has 232 valence electrons. The number of ether oxygens (including phenoxy) is 5. The van der Waals surface area contributed by atoms with Crippen LogP contribution in [0.2, 0.25) is 0 Å². The lowest BCUT2D eigenvalue weighted by Crippen LogP contribution is -2.41. The summed E-state index contributed by atoms with van der Waals surface area (Å²) in [5, 5.41) is 21.3. The Morgan fingerprint density at radius 1 is 0.886 bits per heavy atom. The van der Waals surface area contributed by atoms with Gasteiger partial charge < -0.3 is 33.9 Å². The Bertz CT molecular complexity index is 1570. The Hall–Kier alpha value is -4.26. The summed E-state index contributed by atoms with van der Waals surface area (Å²) in [6, 6.07) is 25.9. The van der Waals surface area contributed by atoms with Crippen LogP contribution in [0.15, 0.2) is 101 Å². The number of hydrogen-bond acceptors (Lipinski definition) is 9. The number of aliphatic hydroxyl groups is 2. The lowest BCUT2D eigenvalue weighted by Gasteiger charge is -2.37. The topological polar surface area (TPSA) is 141 Å². The van der Waals surface area contributed by atoms with Gasteiger partial charge in [0.2, 0.25) is 0 Å². The Kier molecular flexibility index (Phi) is 9.62. The van der Waals surface area contributed by atoms with Crippen molar-refractivity contribution in [2.24, 2.45) is 0 Å². The van der Waals surface area contributed by atoms with E-state index in [1.54, 1.807) is 21.1 Å². The number of benzene rings is 3. The van der Waals surface area contributed by atoms with Gasteiger partial charge in [0.25, 0.3) is 5.56 Å². The summed E-state index contributed by atoms with van der Waals surface area (Å²) in [5.74, 6) is 1.35. The number of methoxy groups -OCH3 is 2. The number of aromatic nitrogens is 2. The molecule has 2 heterocycles. The Morgan fingerprint density at radius 2 is 1.45 bits per heavy atom. The Morgan fingerprint density at radius 3 is 1.98 bits per heavy atom. The van der Waals surface area contributed by atoms with E-state index in [2.05, 4.69) is 4.98 Å². The number of hydrogen-bond donors (Lipinski definition) is 3. The quantitative estimate of drug-likeness (QED) is 0.208. The third-order valence-corrected chi connectivity index (χ3v) is 7.61. The number of nitrogens with zero attached hydrogens (tertiary/aromatic N) is 1. The minimum absolute atomic E-state index is 0.112. The van der Waals surface area contributed by atoms with E-state index >= 15 is 0 Å². The first-order valence-corrected chi connectivity index (χ1v) is 14.2. The minimum Gasteiger partial charge on any atom is -0.497 e. The number of aromatic amines is 1. The van der Waals surface area contributed by atoms with Crippen LogP contribution in [0, 0.1) is 0 Å². The predicted octanol–water partition coefficient (Wildman–Crippen LogP) is 2.59. The molecule has 0 amide bonds. The molecule has 0 bridgehead atoms. The van der Waals surface area contributed by atoms with Gasteiger partial charge in [-0.2, -0.15) is 0 Å². The molecule has 3 N–H and O–H groups in total. The van der Waals surface area contributed by atoms with E-state index in [1.807, 2.05) is 78.9 Å². The van der Waals surface area contributed by atoms with Crippen LogP contribution in [-0.2, 0) is 19.8 Å². The molecule has 11 heteroatoms. The van der Waals surface area contributed by atoms with E-state index < -0.39 is 47.5 Å². The average molecular weight is 605 g/mol. The molecule has 44 heavy (non-hydrogen) atoms. The third-order valence-electron chi connectivity index (χ3n) is 7.61. The smallest absolute Gasteiger partial charge is 0.330 e. The normalized spacial score (nSPS) is 20.8. The van der Waals surface area contributed by atoms with E-state index in [0.717, 1.165) is 21.3 Å². The van der Waals surface area contributed by atoms with Gasteiger partial charge in [-0.3, -0.25) is 14.3 Å². The molecule has 1 aliphatic rings. The number of nitrogens with one attached hydrogen (secondary N) is 1. The van der Waals surface area contributed by atoms with E-state index in [4.69, 9.17) is 23.7 Å². The molecule has 0 spiro atoms. The van der Waals surface area contributed by atoms with Crippen molar-refractivity contribution < 1.29 is 33.9 Å². The standard InChI is InChI=1S/C33H36N2O9/c1-21(36)19-42-30-29(38)27(44-31(30)35-18-17-28(37)34-32(35)39)20-43-33(22-7-5-4-6-8-22,23-9-13-25(40-2)14-10-23)24-11-15-26(41-3)16-12-24/h4-18,21,27,29-31,36,38H,19-20H2,1-3H3,(H,34,37,39)/t21?,27-,29-,30-,31-/m1/s1. The first kappa shape index (κ1) is 31.2. The zero-order valence-electron chi connectivity index (χ0n) is 24.7. The first-order chi connectivity index (χ1) is 21.3. The molecule has 5 atom stereocenters. The molecular weight excluding hydrogens is 568 g/mol. The highest BCUT2D eigenvalue weighted by Gasteiger charge is 2.48. The molecule has 5 rings (SSSR count). The fourth-order valence-electron chi connectivity index (χ4n) is 5.42. The molecule has 1 saturated heterocycles. The van der Waals surface area contributed by atoms with Gasteiger partial charge in [0.15, 0.2) is 6.23 Å². The first-order valence-electron chi connectivity index (χ1n) is 14.2. The maximum Gasteiger partial charge on any atom is 0.330 e. The molecule has 1 aliphatic heterocycles. The zero-order chi connectivity index (χ0) is 31.3. The molecule has 0 aliphatic carbocycles. The molecular formula is C33H36N2O9. The second-order valence-electron chi connectivity index (χ2n) is 10.5. The molecule has 11 nitrogen and oxygen atoms in total.